The zero-order chi connectivity index (χ0) is 17.9. The van der Waals surface area contributed by atoms with E-state index in [0.717, 1.165) is 36.5 Å². The molecule has 2 aliphatic rings. The average Bonchev–Trinajstić information content (AvgIpc) is 3.27. The number of carbonyl (C=O) groups is 1. The predicted molar refractivity (Wildman–Crippen MR) is 98.5 cm³/mol. The Morgan fingerprint density at radius 2 is 1.96 bits per heavy atom. The number of hydrogen-bond donors (Lipinski definition) is 1. The van der Waals surface area contributed by atoms with Crippen LogP contribution in [0.4, 0.5) is 0 Å². The molecule has 5 heteroatoms. The van der Waals surface area contributed by atoms with Gasteiger partial charge in [0.05, 0.1) is 6.61 Å². The second kappa shape index (κ2) is 7.12. The minimum Gasteiger partial charge on any atom is -0.493 e. The first-order valence-corrected chi connectivity index (χ1v) is 8.80. The van der Waals surface area contributed by atoms with Gasteiger partial charge in [-0.05, 0) is 54.3 Å². The average molecular weight is 351 g/mol. The summed E-state index contributed by atoms with van der Waals surface area (Å²) in [7, 11) is 0. The Balaban J connectivity index is 1.32. The van der Waals surface area contributed by atoms with Crippen LogP contribution < -0.4 is 19.5 Å². The van der Waals surface area contributed by atoms with Crippen molar-refractivity contribution in [2.24, 2.45) is 0 Å². The second-order valence-corrected chi connectivity index (χ2v) is 6.60. The van der Waals surface area contributed by atoms with Crippen LogP contribution in [-0.2, 0) is 17.6 Å². The van der Waals surface area contributed by atoms with Gasteiger partial charge in [0.1, 0.15) is 5.75 Å². The normalized spacial score (nSPS) is 15.6. The van der Waals surface area contributed by atoms with Crippen LogP contribution in [0.3, 0.4) is 0 Å². The molecule has 2 aromatic rings. The first-order chi connectivity index (χ1) is 12.7. The molecule has 134 valence electrons. The fourth-order valence-corrected chi connectivity index (χ4v) is 3.25. The monoisotopic (exact) mass is 351 g/mol. The Morgan fingerprint density at radius 1 is 1.12 bits per heavy atom. The molecule has 1 atom stereocenters. The molecule has 5 nitrogen and oxygen atoms in total. The summed E-state index contributed by atoms with van der Waals surface area (Å²) < 4.78 is 16.2. The molecule has 0 saturated carbocycles. The Bertz CT molecular complexity index is 859. The van der Waals surface area contributed by atoms with Crippen molar-refractivity contribution in [3.63, 3.8) is 0 Å². The van der Waals surface area contributed by atoms with Crippen LogP contribution in [0.25, 0.3) is 6.08 Å². The maximum Gasteiger partial charge on any atom is 0.244 e. The number of nitrogens with one attached hydrogen (secondary N) is 1. The third-order valence-corrected chi connectivity index (χ3v) is 4.51. The van der Waals surface area contributed by atoms with Gasteiger partial charge in [-0.3, -0.25) is 4.79 Å². The summed E-state index contributed by atoms with van der Waals surface area (Å²) in [5.74, 6) is 2.32. The lowest BCUT2D eigenvalue weighted by Crippen LogP contribution is -2.32. The lowest BCUT2D eigenvalue weighted by molar-refractivity contribution is -0.117. The van der Waals surface area contributed by atoms with Crippen LogP contribution in [0.2, 0.25) is 0 Å². The van der Waals surface area contributed by atoms with Gasteiger partial charge in [0.15, 0.2) is 11.5 Å². The largest absolute Gasteiger partial charge is 0.493 e. The van der Waals surface area contributed by atoms with Crippen molar-refractivity contribution in [1.82, 2.24) is 5.32 Å². The van der Waals surface area contributed by atoms with E-state index in [2.05, 4.69) is 17.4 Å². The van der Waals surface area contributed by atoms with E-state index in [4.69, 9.17) is 14.2 Å². The highest BCUT2D eigenvalue weighted by Crippen LogP contribution is 2.32. The van der Waals surface area contributed by atoms with Crippen molar-refractivity contribution in [3.05, 3.63) is 59.2 Å². The van der Waals surface area contributed by atoms with Crippen molar-refractivity contribution in [2.75, 3.05) is 13.4 Å². The van der Waals surface area contributed by atoms with Gasteiger partial charge in [0.2, 0.25) is 12.7 Å². The molecule has 26 heavy (non-hydrogen) atoms. The summed E-state index contributed by atoms with van der Waals surface area (Å²) in [6, 6.07) is 11.9. The van der Waals surface area contributed by atoms with E-state index in [1.807, 2.05) is 31.2 Å². The molecule has 0 aromatic heterocycles. The molecule has 0 saturated heterocycles. The first kappa shape index (κ1) is 16.5. The fourth-order valence-electron chi connectivity index (χ4n) is 3.25. The minimum absolute atomic E-state index is 0.0456. The molecule has 1 unspecified atom stereocenters. The molecular formula is C21H21NO4. The topological polar surface area (TPSA) is 56.8 Å². The van der Waals surface area contributed by atoms with Gasteiger partial charge in [-0.25, -0.2) is 0 Å². The Kier molecular flexibility index (Phi) is 4.52. The Hall–Kier alpha value is -2.95. The number of amides is 1. The number of ether oxygens (including phenoxy) is 3. The number of fused-ring (bicyclic) bond motifs is 2. The third kappa shape index (κ3) is 3.67. The van der Waals surface area contributed by atoms with Crippen molar-refractivity contribution in [3.8, 4) is 17.2 Å². The van der Waals surface area contributed by atoms with Gasteiger partial charge >= 0.3 is 0 Å². The van der Waals surface area contributed by atoms with Gasteiger partial charge in [-0.1, -0.05) is 18.2 Å². The van der Waals surface area contributed by atoms with E-state index in [1.165, 1.54) is 11.1 Å². The summed E-state index contributed by atoms with van der Waals surface area (Å²) >= 11 is 0. The molecule has 0 bridgehead atoms. The second-order valence-electron chi connectivity index (χ2n) is 6.60. The van der Waals surface area contributed by atoms with Crippen LogP contribution in [0.5, 0.6) is 17.2 Å². The van der Waals surface area contributed by atoms with Crippen molar-refractivity contribution < 1.29 is 19.0 Å². The maximum atomic E-state index is 12.2. The first-order valence-electron chi connectivity index (χ1n) is 8.80. The number of benzene rings is 2. The molecular weight excluding hydrogens is 330 g/mol. The predicted octanol–water partition coefficient (Wildman–Crippen LogP) is 3.11. The van der Waals surface area contributed by atoms with Crippen molar-refractivity contribution in [2.45, 2.75) is 25.8 Å². The molecule has 1 N–H and O–H groups in total. The van der Waals surface area contributed by atoms with Gasteiger partial charge < -0.3 is 19.5 Å². The standard InChI is InChI=1S/C21H21NO4/c1-14(10-16-3-5-18-17(11-16)8-9-24-18)22-21(23)7-4-15-2-6-19-20(12-15)26-13-25-19/h2-7,11-12,14H,8-10,13H2,1H3,(H,22,23). The molecule has 0 radical (unpaired) electrons. The highest BCUT2D eigenvalue weighted by molar-refractivity contribution is 5.92. The van der Waals surface area contributed by atoms with Crippen LogP contribution >= 0.6 is 0 Å². The summed E-state index contributed by atoms with van der Waals surface area (Å²) in [6.07, 6.45) is 5.07. The van der Waals surface area contributed by atoms with Crippen molar-refractivity contribution >= 4 is 12.0 Å². The molecule has 0 spiro atoms. The van der Waals surface area contributed by atoms with Gasteiger partial charge in [-0.2, -0.15) is 0 Å². The Morgan fingerprint density at radius 3 is 2.88 bits per heavy atom. The van der Waals surface area contributed by atoms with Crippen LogP contribution in [0, 0.1) is 0 Å². The van der Waals surface area contributed by atoms with Crippen molar-refractivity contribution in [1.29, 1.82) is 0 Å². The van der Waals surface area contributed by atoms with E-state index >= 15 is 0 Å². The van der Waals surface area contributed by atoms with Crippen LogP contribution in [0.1, 0.15) is 23.6 Å². The summed E-state index contributed by atoms with van der Waals surface area (Å²) in [5.41, 5.74) is 3.36. The molecule has 2 heterocycles. The van der Waals surface area contributed by atoms with Crippen LogP contribution in [0.15, 0.2) is 42.5 Å². The summed E-state index contributed by atoms with van der Waals surface area (Å²) in [4.78, 5) is 12.2. The van der Waals surface area contributed by atoms with Crippen LogP contribution in [-0.4, -0.2) is 25.3 Å². The SMILES string of the molecule is CC(Cc1ccc2c(c1)CCO2)NC(=O)C=Cc1ccc2c(c1)OCO2. The molecule has 0 aliphatic carbocycles. The lowest BCUT2D eigenvalue weighted by atomic mass is 10.0. The molecule has 2 aromatic carbocycles. The molecule has 0 fully saturated rings. The van der Waals surface area contributed by atoms with E-state index < -0.39 is 0 Å². The van der Waals surface area contributed by atoms with Gasteiger partial charge in [0.25, 0.3) is 0 Å². The summed E-state index contributed by atoms with van der Waals surface area (Å²) in [6.45, 7) is 3.01. The fraction of sp³-hybridized carbons (Fsp3) is 0.286. The molecule has 2 aliphatic heterocycles. The smallest absolute Gasteiger partial charge is 0.244 e. The van der Waals surface area contributed by atoms with Gasteiger partial charge in [-0.15, -0.1) is 0 Å². The third-order valence-electron chi connectivity index (χ3n) is 4.51. The molecule has 1 amide bonds. The number of hydrogen-bond acceptors (Lipinski definition) is 4. The highest BCUT2D eigenvalue weighted by Gasteiger charge is 2.14. The Labute approximate surface area is 152 Å². The zero-order valence-corrected chi connectivity index (χ0v) is 14.7. The zero-order valence-electron chi connectivity index (χ0n) is 14.7. The minimum atomic E-state index is -0.111. The summed E-state index contributed by atoms with van der Waals surface area (Å²) in [5, 5.41) is 3.01. The van der Waals surface area contributed by atoms with E-state index in [1.54, 1.807) is 12.2 Å². The van der Waals surface area contributed by atoms with E-state index in [0.29, 0.717) is 5.75 Å². The highest BCUT2D eigenvalue weighted by atomic mass is 16.7. The van der Waals surface area contributed by atoms with Gasteiger partial charge in [0, 0.05) is 18.5 Å². The number of rotatable bonds is 5. The van der Waals surface area contributed by atoms with E-state index in [9.17, 15) is 4.79 Å². The molecule has 4 rings (SSSR count). The quantitative estimate of drug-likeness (QED) is 0.841. The number of carbonyl (C=O) groups excluding carboxylic acids is 1. The lowest BCUT2D eigenvalue weighted by Gasteiger charge is -2.13. The maximum absolute atomic E-state index is 12.2. The van der Waals surface area contributed by atoms with E-state index in [-0.39, 0.29) is 18.7 Å².